The first-order chi connectivity index (χ1) is 7.61. The highest BCUT2D eigenvalue weighted by Crippen LogP contribution is 2.16. The SMILES string of the molecule is C=CC(=O)OC(C)COc1ccc(O)cc1. The van der Waals surface area contributed by atoms with Gasteiger partial charge in [-0.2, -0.15) is 0 Å². The number of benzene rings is 1. The molecule has 1 rings (SSSR count). The highest BCUT2D eigenvalue weighted by Gasteiger charge is 2.07. The molecule has 0 bridgehead atoms. The number of hydrogen-bond donors (Lipinski definition) is 1. The van der Waals surface area contributed by atoms with Crippen molar-refractivity contribution >= 4 is 5.97 Å². The molecule has 0 radical (unpaired) electrons. The Labute approximate surface area is 94.1 Å². The van der Waals surface area contributed by atoms with Crippen LogP contribution < -0.4 is 4.74 Å². The quantitative estimate of drug-likeness (QED) is 0.610. The summed E-state index contributed by atoms with van der Waals surface area (Å²) in [6.07, 6.45) is 0.760. The monoisotopic (exact) mass is 222 g/mol. The Balaban J connectivity index is 2.36. The zero-order valence-corrected chi connectivity index (χ0v) is 9.05. The standard InChI is InChI=1S/C12H14O4/c1-3-12(14)16-9(2)8-15-11-6-4-10(13)5-7-11/h3-7,9,13H,1,8H2,2H3. The van der Waals surface area contributed by atoms with Crippen molar-refractivity contribution < 1.29 is 19.4 Å². The lowest BCUT2D eigenvalue weighted by atomic mass is 10.3. The summed E-state index contributed by atoms with van der Waals surface area (Å²) in [7, 11) is 0. The number of esters is 1. The Bertz CT molecular complexity index is 356. The van der Waals surface area contributed by atoms with Crippen LogP contribution in [-0.2, 0) is 9.53 Å². The molecule has 16 heavy (non-hydrogen) atoms. The van der Waals surface area contributed by atoms with Crippen LogP contribution in [0.15, 0.2) is 36.9 Å². The normalized spacial score (nSPS) is 11.6. The molecule has 0 aromatic heterocycles. The second-order valence-corrected chi connectivity index (χ2v) is 3.26. The lowest BCUT2D eigenvalue weighted by Crippen LogP contribution is -2.20. The summed E-state index contributed by atoms with van der Waals surface area (Å²) < 4.78 is 10.3. The van der Waals surface area contributed by atoms with E-state index in [4.69, 9.17) is 14.6 Å². The predicted molar refractivity (Wildman–Crippen MR) is 59.4 cm³/mol. The fraction of sp³-hybridized carbons (Fsp3) is 0.250. The first kappa shape index (κ1) is 12.1. The highest BCUT2D eigenvalue weighted by molar-refractivity contribution is 5.81. The highest BCUT2D eigenvalue weighted by atomic mass is 16.6. The van der Waals surface area contributed by atoms with Gasteiger partial charge in [-0.3, -0.25) is 0 Å². The van der Waals surface area contributed by atoms with Crippen molar-refractivity contribution in [3.8, 4) is 11.5 Å². The van der Waals surface area contributed by atoms with Crippen LogP contribution in [-0.4, -0.2) is 23.8 Å². The second kappa shape index (κ2) is 5.80. The minimum atomic E-state index is -0.471. The lowest BCUT2D eigenvalue weighted by molar-refractivity contribution is -0.143. The van der Waals surface area contributed by atoms with Crippen molar-refractivity contribution in [2.45, 2.75) is 13.0 Å². The largest absolute Gasteiger partial charge is 0.508 e. The van der Waals surface area contributed by atoms with Crippen molar-refractivity contribution in [3.63, 3.8) is 0 Å². The summed E-state index contributed by atoms with van der Waals surface area (Å²) in [5.74, 6) is 0.319. The average Bonchev–Trinajstić information content (AvgIpc) is 2.28. The van der Waals surface area contributed by atoms with E-state index in [0.29, 0.717) is 5.75 Å². The topological polar surface area (TPSA) is 55.8 Å². The Morgan fingerprint density at radius 1 is 1.50 bits per heavy atom. The van der Waals surface area contributed by atoms with Crippen molar-refractivity contribution in [3.05, 3.63) is 36.9 Å². The number of aromatic hydroxyl groups is 1. The van der Waals surface area contributed by atoms with E-state index < -0.39 is 5.97 Å². The van der Waals surface area contributed by atoms with Crippen LogP contribution in [0.25, 0.3) is 0 Å². The van der Waals surface area contributed by atoms with Gasteiger partial charge in [0.2, 0.25) is 0 Å². The first-order valence-electron chi connectivity index (χ1n) is 4.86. The number of phenols is 1. The van der Waals surface area contributed by atoms with E-state index >= 15 is 0 Å². The minimum absolute atomic E-state index is 0.179. The van der Waals surface area contributed by atoms with Gasteiger partial charge in [0.1, 0.15) is 24.2 Å². The van der Waals surface area contributed by atoms with Gasteiger partial charge in [-0.15, -0.1) is 0 Å². The van der Waals surface area contributed by atoms with Crippen LogP contribution in [0.5, 0.6) is 11.5 Å². The van der Waals surface area contributed by atoms with E-state index in [-0.39, 0.29) is 18.5 Å². The molecule has 0 amide bonds. The van der Waals surface area contributed by atoms with Gasteiger partial charge in [-0.05, 0) is 31.2 Å². The van der Waals surface area contributed by atoms with Crippen molar-refractivity contribution in [1.29, 1.82) is 0 Å². The van der Waals surface area contributed by atoms with Crippen LogP contribution in [0.2, 0.25) is 0 Å². The molecule has 0 saturated carbocycles. The van der Waals surface area contributed by atoms with Crippen LogP contribution in [0.3, 0.4) is 0 Å². The molecule has 1 aromatic carbocycles. The molecule has 0 fully saturated rings. The predicted octanol–water partition coefficient (Wildman–Crippen LogP) is 1.89. The smallest absolute Gasteiger partial charge is 0.330 e. The molecule has 0 saturated heterocycles. The lowest BCUT2D eigenvalue weighted by Gasteiger charge is -2.13. The van der Waals surface area contributed by atoms with Crippen molar-refractivity contribution in [2.75, 3.05) is 6.61 Å². The zero-order valence-electron chi connectivity index (χ0n) is 9.05. The van der Waals surface area contributed by atoms with E-state index in [2.05, 4.69) is 6.58 Å². The molecule has 0 spiro atoms. The number of rotatable bonds is 5. The maximum Gasteiger partial charge on any atom is 0.330 e. The molecule has 0 aliphatic carbocycles. The van der Waals surface area contributed by atoms with E-state index in [1.165, 1.54) is 12.1 Å². The van der Waals surface area contributed by atoms with Gasteiger partial charge >= 0.3 is 5.97 Å². The third-order valence-corrected chi connectivity index (χ3v) is 1.81. The molecule has 86 valence electrons. The molecule has 4 heteroatoms. The zero-order chi connectivity index (χ0) is 12.0. The van der Waals surface area contributed by atoms with Gasteiger partial charge in [0, 0.05) is 6.08 Å². The van der Waals surface area contributed by atoms with Gasteiger partial charge in [-0.1, -0.05) is 6.58 Å². The number of hydrogen-bond acceptors (Lipinski definition) is 4. The van der Waals surface area contributed by atoms with E-state index in [1.807, 2.05) is 0 Å². The van der Waals surface area contributed by atoms with Gasteiger partial charge in [0.15, 0.2) is 0 Å². The molecule has 1 atom stereocenters. The third-order valence-electron chi connectivity index (χ3n) is 1.81. The number of carbonyl (C=O) groups is 1. The third kappa shape index (κ3) is 4.04. The summed E-state index contributed by atoms with van der Waals surface area (Å²) in [6, 6.07) is 6.32. The molecule has 0 heterocycles. The molecule has 1 unspecified atom stereocenters. The number of ether oxygens (including phenoxy) is 2. The maximum absolute atomic E-state index is 10.8. The van der Waals surface area contributed by atoms with E-state index in [0.717, 1.165) is 6.08 Å². The summed E-state index contributed by atoms with van der Waals surface area (Å²) in [5, 5.41) is 9.05. The van der Waals surface area contributed by atoms with Crippen LogP contribution in [0.1, 0.15) is 6.92 Å². The average molecular weight is 222 g/mol. The Morgan fingerprint density at radius 3 is 2.69 bits per heavy atom. The molecule has 0 aliphatic rings. The Hall–Kier alpha value is -1.97. The summed E-state index contributed by atoms with van der Waals surface area (Å²) >= 11 is 0. The van der Waals surface area contributed by atoms with Crippen LogP contribution in [0.4, 0.5) is 0 Å². The number of phenolic OH excluding ortho intramolecular Hbond substituents is 1. The van der Waals surface area contributed by atoms with E-state index in [1.54, 1.807) is 19.1 Å². The molecule has 1 aromatic rings. The summed E-state index contributed by atoms with van der Waals surface area (Å²) in [6.45, 7) is 5.28. The fourth-order valence-corrected chi connectivity index (χ4v) is 1.04. The molecule has 1 N–H and O–H groups in total. The van der Waals surface area contributed by atoms with Crippen molar-refractivity contribution in [1.82, 2.24) is 0 Å². The van der Waals surface area contributed by atoms with Crippen LogP contribution in [0, 0.1) is 0 Å². The van der Waals surface area contributed by atoms with Gasteiger partial charge in [-0.25, -0.2) is 4.79 Å². The van der Waals surface area contributed by atoms with Gasteiger partial charge < -0.3 is 14.6 Å². The van der Waals surface area contributed by atoms with Crippen molar-refractivity contribution in [2.24, 2.45) is 0 Å². The second-order valence-electron chi connectivity index (χ2n) is 3.26. The van der Waals surface area contributed by atoms with E-state index in [9.17, 15) is 4.79 Å². The minimum Gasteiger partial charge on any atom is -0.508 e. The Kier molecular flexibility index (Phi) is 4.39. The molecular weight excluding hydrogens is 208 g/mol. The maximum atomic E-state index is 10.8. The molecular formula is C12H14O4. The summed E-state index contributed by atoms with van der Waals surface area (Å²) in [4.78, 5) is 10.8. The van der Waals surface area contributed by atoms with Gasteiger partial charge in [0.25, 0.3) is 0 Å². The van der Waals surface area contributed by atoms with Crippen LogP contribution >= 0.6 is 0 Å². The molecule has 0 aliphatic heterocycles. The fourth-order valence-electron chi connectivity index (χ4n) is 1.04. The van der Waals surface area contributed by atoms with Gasteiger partial charge in [0.05, 0.1) is 0 Å². The Morgan fingerprint density at radius 2 is 2.12 bits per heavy atom. The summed E-state index contributed by atoms with van der Waals surface area (Å²) in [5.41, 5.74) is 0. The molecule has 4 nitrogen and oxygen atoms in total. The first-order valence-corrected chi connectivity index (χ1v) is 4.86. The number of carbonyl (C=O) groups excluding carboxylic acids is 1.